The molecule has 5 rings (SSSR count). The maximum absolute atomic E-state index is 5.81. The minimum Gasteiger partial charge on any atom is -0.439 e. The molecular weight excluding hydrogens is 376 g/mol. The largest absolute Gasteiger partial charge is 0.439 e. The predicted octanol–water partition coefficient (Wildman–Crippen LogP) is 4.59. The molecule has 0 saturated carbocycles. The zero-order valence-electron chi connectivity index (χ0n) is 16.0. The van der Waals surface area contributed by atoms with Crippen molar-refractivity contribution in [3.05, 3.63) is 97.1 Å². The Balaban J connectivity index is 1.33. The molecule has 0 radical (unpaired) electrons. The minimum atomic E-state index is 0.568. The van der Waals surface area contributed by atoms with Gasteiger partial charge in [-0.3, -0.25) is 4.98 Å². The Morgan fingerprint density at radius 3 is 2.67 bits per heavy atom. The van der Waals surface area contributed by atoms with Gasteiger partial charge in [0, 0.05) is 36.8 Å². The van der Waals surface area contributed by atoms with Crippen LogP contribution in [0.1, 0.15) is 5.56 Å². The van der Waals surface area contributed by atoms with Crippen molar-refractivity contribution in [2.45, 2.75) is 6.54 Å². The Labute approximate surface area is 173 Å². The molecule has 4 aromatic heterocycles. The second-order valence-corrected chi connectivity index (χ2v) is 6.64. The minimum absolute atomic E-state index is 0.568. The highest BCUT2D eigenvalue weighted by Crippen LogP contribution is 2.22. The van der Waals surface area contributed by atoms with Crippen LogP contribution in [0.15, 0.2) is 91.5 Å². The van der Waals surface area contributed by atoms with Crippen molar-refractivity contribution in [3.63, 3.8) is 0 Å². The van der Waals surface area contributed by atoms with Gasteiger partial charge in [-0.1, -0.05) is 18.2 Å². The van der Waals surface area contributed by atoms with Gasteiger partial charge >= 0.3 is 0 Å². The predicted molar refractivity (Wildman–Crippen MR) is 114 cm³/mol. The first-order valence-electron chi connectivity index (χ1n) is 9.52. The summed E-state index contributed by atoms with van der Waals surface area (Å²) in [6.45, 7) is 0.608. The van der Waals surface area contributed by atoms with Crippen molar-refractivity contribution in [3.8, 4) is 22.9 Å². The third-order valence-electron chi connectivity index (χ3n) is 4.57. The molecule has 0 spiro atoms. The number of hydrogen-bond acceptors (Lipinski definition) is 6. The molecule has 1 aromatic carbocycles. The molecule has 4 heterocycles. The normalized spacial score (nSPS) is 10.8. The summed E-state index contributed by atoms with van der Waals surface area (Å²) < 4.78 is 7.64. The van der Waals surface area contributed by atoms with Crippen molar-refractivity contribution in [1.29, 1.82) is 0 Å². The number of nitrogens with zero attached hydrogens (tertiary/aromatic N) is 5. The fourth-order valence-corrected chi connectivity index (χ4v) is 3.13. The number of nitrogens with one attached hydrogen (secondary N) is 1. The summed E-state index contributed by atoms with van der Waals surface area (Å²) in [6, 6.07) is 21.2. The first-order chi connectivity index (χ1) is 14.8. The molecule has 0 fully saturated rings. The lowest BCUT2D eigenvalue weighted by Crippen LogP contribution is -2.04. The second kappa shape index (κ2) is 8.00. The van der Waals surface area contributed by atoms with E-state index in [1.807, 2.05) is 77.4 Å². The molecule has 0 amide bonds. The van der Waals surface area contributed by atoms with E-state index in [0.717, 1.165) is 34.0 Å². The van der Waals surface area contributed by atoms with E-state index >= 15 is 0 Å². The summed E-state index contributed by atoms with van der Waals surface area (Å²) in [5.41, 5.74) is 3.80. The molecule has 0 unspecified atom stereocenters. The van der Waals surface area contributed by atoms with Crippen LogP contribution in [0.25, 0.3) is 16.9 Å². The van der Waals surface area contributed by atoms with Crippen LogP contribution in [-0.4, -0.2) is 24.6 Å². The van der Waals surface area contributed by atoms with Crippen LogP contribution in [0.5, 0.6) is 11.6 Å². The smallest absolute Gasteiger partial charge is 0.219 e. The van der Waals surface area contributed by atoms with E-state index in [-0.39, 0.29) is 0 Å². The average Bonchev–Trinajstić information content (AvgIpc) is 3.23. The average molecular weight is 394 g/mol. The Morgan fingerprint density at radius 2 is 1.80 bits per heavy atom. The first-order valence-corrected chi connectivity index (χ1v) is 9.52. The Bertz CT molecular complexity index is 1270. The second-order valence-electron chi connectivity index (χ2n) is 6.64. The highest BCUT2D eigenvalue weighted by atomic mass is 16.5. The molecule has 146 valence electrons. The molecular formula is C23H18N6O. The monoisotopic (exact) mass is 394 g/mol. The number of imidazole rings is 1. The molecule has 30 heavy (non-hydrogen) atoms. The van der Waals surface area contributed by atoms with Gasteiger partial charge in [-0.15, -0.1) is 5.10 Å². The molecule has 1 N–H and O–H groups in total. The summed E-state index contributed by atoms with van der Waals surface area (Å²) in [5.74, 6) is 2.07. The molecule has 0 atom stereocenters. The van der Waals surface area contributed by atoms with Gasteiger partial charge in [-0.05, 0) is 48.0 Å². The van der Waals surface area contributed by atoms with Crippen molar-refractivity contribution in [2.24, 2.45) is 0 Å². The fraction of sp³-hybridized carbons (Fsp3) is 0.0435. The van der Waals surface area contributed by atoms with Crippen molar-refractivity contribution < 1.29 is 4.74 Å². The van der Waals surface area contributed by atoms with Gasteiger partial charge in [-0.2, -0.15) is 0 Å². The summed E-state index contributed by atoms with van der Waals surface area (Å²) in [4.78, 5) is 12.7. The lowest BCUT2D eigenvalue weighted by molar-refractivity contribution is 0.462. The van der Waals surface area contributed by atoms with E-state index in [9.17, 15) is 0 Å². The highest BCUT2D eigenvalue weighted by Gasteiger charge is 2.08. The van der Waals surface area contributed by atoms with E-state index < -0.39 is 0 Å². The lowest BCUT2D eigenvalue weighted by atomic mass is 10.2. The molecule has 7 heteroatoms. The molecule has 0 aliphatic rings. The van der Waals surface area contributed by atoms with E-state index in [1.165, 1.54) is 0 Å². The number of aromatic nitrogens is 5. The van der Waals surface area contributed by atoms with Gasteiger partial charge in [0.2, 0.25) is 5.88 Å². The lowest BCUT2D eigenvalue weighted by Gasteiger charge is -2.09. The third kappa shape index (κ3) is 3.81. The van der Waals surface area contributed by atoms with Gasteiger partial charge < -0.3 is 10.1 Å². The summed E-state index contributed by atoms with van der Waals surface area (Å²) in [5, 5.41) is 8.07. The standard InChI is InChI=1S/C23H18N6O/c1-2-11-25-23(6-1)30-19-5-3-4-17(14-19)15-26-21-7-8-22-27-16-20(29(22)28-21)18-9-12-24-13-10-18/h1-14,16H,15H2,(H,26,28). The van der Waals surface area contributed by atoms with Crippen LogP contribution in [0.2, 0.25) is 0 Å². The number of pyridine rings is 2. The number of ether oxygens (including phenoxy) is 1. The van der Waals surface area contributed by atoms with Crippen molar-refractivity contribution in [1.82, 2.24) is 24.6 Å². The SMILES string of the molecule is c1ccc(Oc2cccc(CNc3ccc4ncc(-c5ccncc5)n4n3)c2)nc1. The van der Waals surface area contributed by atoms with Crippen molar-refractivity contribution in [2.75, 3.05) is 5.32 Å². The molecule has 0 bridgehead atoms. The van der Waals surface area contributed by atoms with Crippen LogP contribution in [0, 0.1) is 0 Å². The molecule has 0 saturated heterocycles. The van der Waals surface area contributed by atoms with Crippen LogP contribution in [0.4, 0.5) is 5.82 Å². The molecule has 5 aromatic rings. The van der Waals surface area contributed by atoms with Crippen LogP contribution >= 0.6 is 0 Å². The fourth-order valence-electron chi connectivity index (χ4n) is 3.13. The summed E-state index contributed by atoms with van der Waals surface area (Å²) in [6.07, 6.45) is 7.05. The van der Waals surface area contributed by atoms with Gasteiger partial charge in [0.15, 0.2) is 5.65 Å². The van der Waals surface area contributed by atoms with Gasteiger partial charge in [0.25, 0.3) is 0 Å². The highest BCUT2D eigenvalue weighted by molar-refractivity contribution is 5.63. The quantitative estimate of drug-likeness (QED) is 0.454. The molecule has 0 aliphatic heterocycles. The van der Waals surface area contributed by atoms with Crippen molar-refractivity contribution >= 4 is 11.5 Å². The van der Waals surface area contributed by atoms with Gasteiger partial charge in [0.1, 0.15) is 11.6 Å². The van der Waals surface area contributed by atoms with E-state index in [1.54, 1.807) is 18.6 Å². The van der Waals surface area contributed by atoms with Crippen LogP contribution in [0.3, 0.4) is 0 Å². The maximum Gasteiger partial charge on any atom is 0.219 e. The van der Waals surface area contributed by atoms with Gasteiger partial charge in [-0.25, -0.2) is 14.5 Å². The number of rotatable bonds is 6. The number of fused-ring (bicyclic) bond motifs is 1. The Kier molecular flexibility index (Phi) is 4.75. The third-order valence-corrected chi connectivity index (χ3v) is 4.57. The zero-order valence-corrected chi connectivity index (χ0v) is 16.0. The van der Waals surface area contributed by atoms with Crippen LogP contribution < -0.4 is 10.1 Å². The Hall–Kier alpha value is -4.26. The van der Waals surface area contributed by atoms with E-state index in [4.69, 9.17) is 9.84 Å². The maximum atomic E-state index is 5.81. The summed E-state index contributed by atoms with van der Waals surface area (Å²) in [7, 11) is 0. The van der Waals surface area contributed by atoms with Crippen LogP contribution in [-0.2, 0) is 6.54 Å². The number of benzene rings is 1. The first kappa shape index (κ1) is 17.8. The van der Waals surface area contributed by atoms with E-state index in [0.29, 0.717) is 12.4 Å². The molecule has 0 aliphatic carbocycles. The Morgan fingerprint density at radius 1 is 0.867 bits per heavy atom. The number of anilines is 1. The topological polar surface area (TPSA) is 77.2 Å². The van der Waals surface area contributed by atoms with E-state index in [2.05, 4.69) is 20.3 Å². The van der Waals surface area contributed by atoms with Gasteiger partial charge in [0.05, 0.1) is 11.9 Å². The zero-order chi connectivity index (χ0) is 20.2. The number of hydrogen-bond donors (Lipinski definition) is 1. The molecule has 7 nitrogen and oxygen atoms in total. The summed E-state index contributed by atoms with van der Waals surface area (Å²) >= 11 is 0.